The molecule has 0 N–H and O–H groups in total. The van der Waals surface area contributed by atoms with Gasteiger partial charge in [0.1, 0.15) is 0 Å². The molecular formula is C19H16N2O3S2. The number of amides is 1. The lowest BCUT2D eigenvalue weighted by Crippen LogP contribution is -2.40. The van der Waals surface area contributed by atoms with Gasteiger partial charge in [0.15, 0.2) is 0 Å². The Labute approximate surface area is 158 Å². The Balaban J connectivity index is 1.59. The van der Waals surface area contributed by atoms with Crippen molar-refractivity contribution in [3.05, 3.63) is 84.2 Å². The molecule has 26 heavy (non-hydrogen) atoms. The maximum Gasteiger partial charge on any atom is 0.269 e. The summed E-state index contributed by atoms with van der Waals surface area (Å²) in [7, 11) is 0. The third-order valence-corrected chi connectivity index (χ3v) is 6.52. The number of fused-ring (bicyclic) bond motifs is 1. The number of carbonyl (C=O) groups excluding carboxylic acids is 1. The zero-order chi connectivity index (χ0) is 18.1. The third-order valence-electron chi connectivity index (χ3n) is 4.60. The number of hydrogen-bond donors (Lipinski definition) is 0. The second-order valence-electron chi connectivity index (χ2n) is 6.15. The van der Waals surface area contributed by atoms with Crippen molar-refractivity contribution in [3.8, 4) is 0 Å². The van der Waals surface area contributed by atoms with Crippen molar-refractivity contribution in [1.29, 1.82) is 0 Å². The standard InChI is InChI=1S/C19H16N2O3S2/c22-18(12-13-3-5-14(6-4-13)21(23)24)20-9-7-16-15(8-11-26-16)19(20)17-2-1-10-25-17/h1-6,8,10-11,19H,7,9,12H2/t19-/m0/s1. The first-order chi connectivity index (χ1) is 12.6. The van der Waals surface area contributed by atoms with Crippen molar-refractivity contribution in [2.24, 2.45) is 0 Å². The SMILES string of the molecule is O=C(Cc1ccc([N+](=O)[O-])cc1)N1CCc2sccc2[C@H]1c1cccs1. The fraction of sp³-hybridized carbons (Fsp3) is 0.211. The van der Waals surface area contributed by atoms with Crippen LogP contribution in [-0.4, -0.2) is 22.3 Å². The summed E-state index contributed by atoms with van der Waals surface area (Å²) in [5, 5.41) is 14.9. The highest BCUT2D eigenvalue weighted by Gasteiger charge is 2.33. The van der Waals surface area contributed by atoms with E-state index in [1.165, 1.54) is 27.5 Å². The molecule has 0 aliphatic carbocycles. The van der Waals surface area contributed by atoms with E-state index in [1.807, 2.05) is 16.3 Å². The van der Waals surface area contributed by atoms with Crippen LogP contribution in [0.3, 0.4) is 0 Å². The zero-order valence-corrected chi connectivity index (χ0v) is 15.5. The molecule has 132 valence electrons. The van der Waals surface area contributed by atoms with Crippen molar-refractivity contribution in [2.75, 3.05) is 6.54 Å². The summed E-state index contributed by atoms with van der Waals surface area (Å²) in [4.78, 5) is 27.8. The van der Waals surface area contributed by atoms with Crippen LogP contribution < -0.4 is 0 Å². The number of rotatable bonds is 4. The van der Waals surface area contributed by atoms with Gasteiger partial charge >= 0.3 is 0 Å². The highest BCUT2D eigenvalue weighted by Crippen LogP contribution is 2.39. The first-order valence-corrected chi connectivity index (χ1v) is 10.0. The number of hydrogen-bond acceptors (Lipinski definition) is 5. The second-order valence-corrected chi connectivity index (χ2v) is 8.13. The number of nitrogens with zero attached hydrogens (tertiary/aromatic N) is 2. The van der Waals surface area contributed by atoms with Gasteiger partial charge in [-0.25, -0.2) is 0 Å². The van der Waals surface area contributed by atoms with Gasteiger partial charge in [-0.15, -0.1) is 22.7 Å². The van der Waals surface area contributed by atoms with E-state index in [-0.39, 0.29) is 24.1 Å². The van der Waals surface area contributed by atoms with E-state index in [0.29, 0.717) is 6.54 Å². The molecule has 3 heterocycles. The molecule has 1 aliphatic heterocycles. The maximum atomic E-state index is 13.0. The van der Waals surface area contributed by atoms with Gasteiger partial charge in [-0.3, -0.25) is 14.9 Å². The predicted octanol–water partition coefficient (Wildman–Crippen LogP) is 4.43. The zero-order valence-electron chi connectivity index (χ0n) is 13.8. The molecule has 0 radical (unpaired) electrons. The van der Waals surface area contributed by atoms with Crippen LogP contribution in [0.4, 0.5) is 5.69 Å². The van der Waals surface area contributed by atoms with Gasteiger partial charge in [0.2, 0.25) is 5.91 Å². The Morgan fingerprint density at radius 2 is 1.96 bits per heavy atom. The topological polar surface area (TPSA) is 63.4 Å². The van der Waals surface area contributed by atoms with Gasteiger partial charge in [0.25, 0.3) is 5.69 Å². The van der Waals surface area contributed by atoms with Crippen LogP contribution in [0, 0.1) is 10.1 Å². The average Bonchev–Trinajstić information content (AvgIpc) is 3.32. The number of nitro groups is 1. The maximum absolute atomic E-state index is 13.0. The summed E-state index contributed by atoms with van der Waals surface area (Å²) in [6.07, 6.45) is 1.13. The van der Waals surface area contributed by atoms with Crippen molar-refractivity contribution < 1.29 is 9.72 Å². The molecule has 0 fully saturated rings. The van der Waals surface area contributed by atoms with Crippen LogP contribution in [0.1, 0.15) is 26.9 Å². The van der Waals surface area contributed by atoms with Gasteiger partial charge in [0.05, 0.1) is 17.4 Å². The highest BCUT2D eigenvalue weighted by atomic mass is 32.1. The number of nitro benzene ring substituents is 1. The van der Waals surface area contributed by atoms with Crippen molar-refractivity contribution >= 4 is 34.3 Å². The van der Waals surface area contributed by atoms with Crippen LogP contribution >= 0.6 is 22.7 Å². The predicted molar refractivity (Wildman–Crippen MR) is 103 cm³/mol. The Morgan fingerprint density at radius 3 is 2.65 bits per heavy atom. The van der Waals surface area contributed by atoms with Crippen molar-refractivity contribution in [1.82, 2.24) is 4.90 Å². The van der Waals surface area contributed by atoms with Gasteiger partial charge in [-0.2, -0.15) is 0 Å². The van der Waals surface area contributed by atoms with E-state index in [0.717, 1.165) is 12.0 Å². The summed E-state index contributed by atoms with van der Waals surface area (Å²) in [5.41, 5.74) is 2.06. The van der Waals surface area contributed by atoms with Gasteiger partial charge in [-0.05, 0) is 40.4 Å². The quantitative estimate of drug-likeness (QED) is 0.494. The largest absolute Gasteiger partial charge is 0.330 e. The lowest BCUT2D eigenvalue weighted by atomic mass is 9.97. The summed E-state index contributed by atoms with van der Waals surface area (Å²) in [6.45, 7) is 0.696. The van der Waals surface area contributed by atoms with E-state index in [2.05, 4.69) is 17.5 Å². The summed E-state index contributed by atoms with van der Waals surface area (Å²) < 4.78 is 0. The number of thiophene rings is 2. The van der Waals surface area contributed by atoms with Crippen LogP contribution in [0.2, 0.25) is 0 Å². The Morgan fingerprint density at radius 1 is 1.15 bits per heavy atom. The smallest absolute Gasteiger partial charge is 0.269 e. The minimum Gasteiger partial charge on any atom is -0.330 e. The normalized spacial score (nSPS) is 16.3. The molecule has 4 rings (SSSR count). The fourth-order valence-electron chi connectivity index (χ4n) is 3.35. The van der Waals surface area contributed by atoms with Crippen molar-refractivity contribution in [2.45, 2.75) is 18.9 Å². The molecule has 1 amide bonds. The Bertz CT molecular complexity index is 932. The summed E-state index contributed by atoms with van der Waals surface area (Å²) in [6, 6.07) is 12.4. The average molecular weight is 384 g/mol. The van der Waals surface area contributed by atoms with Crippen LogP contribution in [0.15, 0.2) is 53.2 Å². The van der Waals surface area contributed by atoms with Crippen LogP contribution in [0.25, 0.3) is 0 Å². The molecule has 3 aromatic rings. The van der Waals surface area contributed by atoms with Crippen LogP contribution in [-0.2, 0) is 17.6 Å². The molecular weight excluding hydrogens is 368 g/mol. The van der Waals surface area contributed by atoms with Gasteiger partial charge in [-0.1, -0.05) is 18.2 Å². The van der Waals surface area contributed by atoms with E-state index in [9.17, 15) is 14.9 Å². The first kappa shape index (κ1) is 16.9. The lowest BCUT2D eigenvalue weighted by molar-refractivity contribution is -0.384. The third kappa shape index (κ3) is 3.15. The molecule has 0 saturated carbocycles. The van der Waals surface area contributed by atoms with Crippen molar-refractivity contribution in [3.63, 3.8) is 0 Å². The molecule has 0 bridgehead atoms. The number of benzene rings is 1. The molecule has 5 nitrogen and oxygen atoms in total. The lowest BCUT2D eigenvalue weighted by Gasteiger charge is -2.35. The molecule has 1 aromatic carbocycles. The fourth-order valence-corrected chi connectivity index (χ4v) is 5.11. The molecule has 2 aromatic heterocycles. The van der Waals surface area contributed by atoms with E-state index < -0.39 is 4.92 Å². The molecule has 7 heteroatoms. The number of non-ortho nitro benzene ring substituents is 1. The molecule has 0 spiro atoms. The van der Waals surface area contributed by atoms with E-state index >= 15 is 0 Å². The minimum absolute atomic E-state index is 0.0319. The van der Waals surface area contributed by atoms with E-state index in [1.54, 1.807) is 34.8 Å². The second kappa shape index (κ2) is 7.01. The summed E-state index contributed by atoms with van der Waals surface area (Å²) in [5.74, 6) is 0.0501. The van der Waals surface area contributed by atoms with Crippen LogP contribution in [0.5, 0.6) is 0 Å². The minimum atomic E-state index is -0.429. The van der Waals surface area contributed by atoms with E-state index in [4.69, 9.17) is 0 Å². The Hall–Kier alpha value is -2.51. The molecule has 0 unspecified atom stereocenters. The van der Waals surface area contributed by atoms with Gasteiger partial charge in [0, 0.05) is 28.4 Å². The van der Waals surface area contributed by atoms with Gasteiger partial charge < -0.3 is 4.90 Å². The number of carbonyl (C=O) groups is 1. The first-order valence-electron chi connectivity index (χ1n) is 8.26. The highest BCUT2D eigenvalue weighted by molar-refractivity contribution is 7.10. The molecule has 0 saturated heterocycles. The monoisotopic (exact) mass is 384 g/mol. The Kier molecular flexibility index (Phi) is 4.57. The molecule has 1 atom stereocenters. The molecule has 1 aliphatic rings. The summed E-state index contributed by atoms with van der Waals surface area (Å²) >= 11 is 3.42.